The molecule has 9 atom stereocenters. The van der Waals surface area contributed by atoms with Crippen molar-refractivity contribution >= 4 is 39.4 Å². The molecule has 1 saturated heterocycles. The number of methoxy groups -OCH3 is 1. The molecule has 74 heavy (non-hydrogen) atoms. The Hall–Kier alpha value is -5.04. The quantitative estimate of drug-likeness (QED) is 0.0750. The van der Waals surface area contributed by atoms with Crippen LogP contribution in [0.3, 0.4) is 0 Å². The molecule has 12 nitrogen and oxygen atoms in total. The molecule has 14 heteroatoms. The highest BCUT2D eigenvalue weighted by atomic mass is 33.1. The topological polar surface area (TPSA) is 174 Å². The number of hydrogen-bond acceptors (Lipinski definition) is 14. The SMILES string of the molecule is CCC1=CC2=C(C#CCc3c(CNC4CCC(=O)CC4)c(O)c4c(c3[C@H]3Oc5c(ccc6c5[C@@]5(CC[C@H](C2)C5)Cc2cc(O)cc(OC)c2-6)[C@@H]3COC(C)=O)C=C[C@@H]2N[C@@H]3CCC[C@H](CSSC[C@@H]2O4)C3)NC1N. The lowest BCUT2D eigenvalue weighted by Gasteiger charge is -2.39. The Balaban J connectivity index is 1.10. The van der Waals surface area contributed by atoms with Gasteiger partial charge in [-0.3, -0.25) is 9.59 Å². The molecule has 1 unspecified atom stereocenters. The fourth-order valence-electron chi connectivity index (χ4n) is 14.4. The first-order valence-corrected chi connectivity index (χ1v) is 29.8. The predicted molar refractivity (Wildman–Crippen MR) is 291 cm³/mol. The van der Waals surface area contributed by atoms with Crippen molar-refractivity contribution in [2.24, 2.45) is 17.6 Å². The molecule has 1 spiro atoms. The van der Waals surface area contributed by atoms with Crippen molar-refractivity contribution in [2.45, 2.75) is 165 Å². The van der Waals surface area contributed by atoms with E-state index in [2.05, 4.69) is 65.1 Å². The van der Waals surface area contributed by atoms with Crippen molar-refractivity contribution in [1.82, 2.24) is 16.0 Å². The minimum atomic E-state index is -0.691. The molecule has 3 aromatic carbocycles. The van der Waals surface area contributed by atoms with Crippen molar-refractivity contribution < 1.29 is 38.7 Å². The number of benzene rings is 3. The van der Waals surface area contributed by atoms with E-state index in [1.165, 1.54) is 19.8 Å². The highest BCUT2D eigenvalue weighted by molar-refractivity contribution is 8.76. The molecule has 0 aromatic heterocycles. The molecule has 9 aliphatic rings. The van der Waals surface area contributed by atoms with Crippen molar-refractivity contribution in [3.63, 3.8) is 0 Å². The van der Waals surface area contributed by atoms with E-state index in [1.807, 2.05) is 27.7 Å². The van der Waals surface area contributed by atoms with Gasteiger partial charge in [-0.15, -0.1) is 0 Å². The number of hydrogen-bond donors (Lipinski definition) is 6. The molecule has 5 heterocycles. The van der Waals surface area contributed by atoms with Crippen molar-refractivity contribution in [3.8, 4) is 51.7 Å². The van der Waals surface area contributed by atoms with Gasteiger partial charge in [-0.05, 0) is 122 Å². The predicted octanol–water partition coefficient (Wildman–Crippen LogP) is 9.86. The van der Waals surface area contributed by atoms with Crippen LogP contribution in [-0.4, -0.2) is 77.6 Å². The highest BCUT2D eigenvalue weighted by Crippen LogP contribution is 2.63. The van der Waals surface area contributed by atoms with Crippen LogP contribution in [0.15, 0.2) is 53.3 Å². The van der Waals surface area contributed by atoms with Crippen LogP contribution in [0.25, 0.3) is 17.2 Å². The monoisotopic (exact) mass is 1040 g/mol. The van der Waals surface area contributed by atoms with Gasteiger partial charge in [0.15, 0.2) is 11.5 Å². The summed E-state index contributed by atoms with van der Waals surface area (Å²) in [6, 6.07) is 8.28. The van der Waals surface area contributed by atoms with E-state index in [-0.39, 0.29) is 66.0 Å². The number of nitrogens with two attached hydrogens (primary N) is 1. The molecule has 4 aliphatic carbocycles. The third-order valence-corrected chi connectivity index (χ3v) is 20.5. The second-order valence-corrected chi connectivity index (χ2v) is 25.1. The van der Waals surface area contributed by atoms with Crippen LogP contribution in [0.4, 0.5) is 0 Å². The van der Waals surface area contributed by atoms with Gasteiger partial charge in [0.05, 0.1) is 30.9 Å². The minimum absolute atomic E-state index is 0.0673. The molecule has 0 amide bonds. The van der Waals surface area contributed by atoms with Gasteiger partial charge in [-0.2, -0.15) is 0 Å². The zero-order chi connectivity index (χ0) is 50.8. The third kappa shape index (κ3) is 9.20. The van der Waals surface area contributed by atoms with Crippen LogP contribution >= 0.6 is 21.6 Å². The van der Waals surface area contributed by atoms with E-state index in [1.54, 1.807) is 13.2 Å². The Morgan fingerprint density at radius 3 is 2.73 bits per heavy atom. The number of aromatic hydroxyl groups is 2. The van der Waals surface area contributed by atoms with Gasteiger partial charge in [0.2, 0.25) is 0 Å². The maximum absolute atomic E-state index is 13.1. The molecular formula is C60H70N4O8S2. The molecule has 6 bridgehead atoms. The van der Waals surface area contributed by atoms with E-state index in [0.29, 0.717) is 60.7 Å². The third-order valence-electron chi connectivity index (χ3n) is 18.0. The van der Waals surface area contributed by atoms with Gasteiger partial charge in [-0.25, -0.2) is 0 Å². The number of esters is 1. The van der Waals surface area contributed by atoms with Gasteiger partial charge >= 0.3 is 5.97 Å². The molecule has 5 aliphatic heterocycles. The van der Waals surface area contributed by atoms with Crippen LogP contribution < -0.4 is 35.9 Å². The highest BCUT2D eigenvalue weighted by Gasteiger charge is 2.52. The van der Waals surface area contributed by atoms with E-state index in [4.69, 9.17) is 24.7 Å². The fraction of sp³-hybridized carbons (Fsp3) is 0.533. The zero-order valence-corrected chi connectivity index (χ0v) is 44.5. The Morgan fingerprint density at radius 2 is 1.91 bits per heavy atom. The number of carbonyl (C=O) groups excluding carboxylic acids is 2. The van der Waals surface area contributed by atoms with Gasteiger partial charge in [0.25, 0.3) is 0 Å². The number of dihydropyridines is 1. The largest absolute Gasteiger partial charge is 0.508 e. The van der Waals surface area contributed by atoms with Crippen molar-refractivity contribution in [1.29, 1.82) is 0 Å². The number of ether oxygens (including phenoxy) is 4. The number of nitrogens with one attached hydrogen (secondary N) is 3. The summed E-state index contributed by atoms with van der Waals surface area (Å²) in [6.07, 6.45) is 17.9. The van der Waals surface area contributed by atoms with Crippen LogP contribution in [0.5, 0.6) is 28.7 Å². The molecular weight excluding hydrogens is 969 g/mol. The minimum Gasteiger partial charge on any atom is -0.508 e. The zero-order valence-electron chi connectivity index (χ0n) is 42.9. The smallest absolute Gasteiger partial charge is 0.302 e. The fourth-order valence-corrected chi connectivity index (χ4v) is 17.0. The van der Waals surface area contributed by atoms with Crippen LogP contribution in [0, 0.1) is 23.7 Å². The summed E-state index contributed by atoms with van der Waals surface area (Å²) in [5, 5.41) is 35.7. The summed E-state index contributed by atoms with van der Waals surface area (Å²) in [7, 11) is 5.44. The number of phenols is 2. The number of Topliss-reactive ketones (excluding diaryl/α,β-unsaturated/α-hetero) is 1. The number of allylic oxidation sites excluding steroid dienone is 3. The maximum atomic E-state index is 13.1. The molecule has 3 aromatic rings. The van der Waals surface area contributed by atoms with E-state index in [0.717, 1.165) is 136 Å². The molecule has 4 fully saturated rings. The Labute approximate surface area is 443 Å². The number of carbonyl (C=O) groups is 2. The van der Waals surface area contributed by atoms with Crippen LogP contribution in [-0.2, 0) is 39.1 Å². The van der Waals surface area contributed by atoms with Gasteiger partial charge in [0, 0.05) is 101 Å². The second kappa shape index (κ2) is 20.5. The Bertz CT molecular complexity index is 2930. The van der Waals surface area contributed by atoms with E-state index >= 15 is 0 Å². The first-order valence-electron chi connectivity index (χ1n) is 27.3. The molecule has 0 radical (unpaired) electrons. The van der Waals surface area contributed by atoms with E-state index < -0.39 is 12.0 Å². The summed E-state index contributed by atoms with van der Waals surface area (Å²) < 4.78 is 27.3. The summed E-state index contributed by atoms with van der Waals surface area (Å²) in [5.74, 6) is 11.6. The number of ketones is 1. The van der Waals surface area contributed by atoms with E-state index in [9.17, 15) is 19.8 Å². The average Bonchev–Trinajstić information content (AvgIpc) is 3.90. The normalized spacial score (nSPS) is 29.8. The van der Waals surface area contributed by atoms with Crippen LogP contribution in [0.1, 0.15) is 148 Å². The maximum Gasteiger partial charge on any atom is 0.302 e. The lowest BCUT2D eigenvalue weighted by atomic mass is 9.65. The standard InChI is InChI=1S/C60H70N4O8S2/c1-4-35-23-36-21-33-19-20-60(26-33)27-37-24-41(67)25-50(69-3)52(37)44-16-15-43-47(29-70-32(2)65)56(72-57(43)54(44)60)53-42(9-6-10-48(36)64-59(35)61)46(28-62-38-11-13-40(66)14-12-38)55(68)58-45(53)17-18-49-51(71-58)31-74-73-30-34-7-5-8-39(22-34)63-49/h15-18,23-25,33-34,38-39,47,49,51,56,59,62-64,67-68H,4-5,7-9,11-14,19-22,26-31,61H2,1-3H3/t33-,34+,39-,47+,49+,51+,56+,59?,60-/m1/s1. The lowest BCUT2D eigenvalue weighted by molar-refractivity contribution is -0.142. The summed E-state index contributed by atoms with van der Waals surface area (Å²) >= 11 is 0. The Morgan fingerprint density at radius 1 is 1.05 bits per heavy atom. The molecule has 390 valence electrons. The average molecular weight is 1040 g/mol. The number of phenolic OH excluding ortho intramolecular Hbond substituents is 2. The van der Waals surface area contributed by atoms with Crippen molar-refractivity contribution in [3.05, 3.63) is 92.2 Å². The number of fused-ring (bicyclic) bond motifs is 11. The summed E-state index contributed by atoms with van der Waals surface area (Å²) in [4.78, 5) is 25.5. The first kappa shape index (κ1) is 49.8. The molecule has 3 saturated carbocycles. The Kier molecular flexibility index (Phi) is 13.8. The van der Waals surface area contributed by atoms with Gasteiger partial charge in [-0.1, -0.05) is 71.2 Å². The summed E-state index contributed by atoms with van der Waals surface area (Å²) in [6.45, 7) is 3.98. The first-order chi connectivity index (χ1) is 36.0. The summed E-state index contributed by atoms with van der Waals surface area (Å²) in [5.41, 5.74) is 17.9. The second-order valence-electron chi connectivity index (χ2n) is 22.5. The van der Waals surface area contributed by atoms with Gasteiger partial charge < -0.3 is 50.8 Å². The lowest BCUT2D eigenvalue weighted by Crippen LogP contribution is -2.49. The number of rotatable bonds is 7. The van der Waals surface area contributed by atoms with Crippen LogP contribution in [0.2, 0.25) is 0 Å². The van der Waals surface area contributed by atoms with Gasteiger partial charge in [0.1, 0.15) is 41.8 Å². The molecule has 7 N–H and O–H groups in total. The van der Waals surface area contributed by atoms with Crippen molar-refractivity contribution in [2.75, 3.05) is 25.2 Å². The molecule has 12 rings (SSSR count).